The molecular formula is C9H22N2O5S. The van der Waals surface area contributed by atoms with Crippen molar-refractivity contribution in [3.05, 3.63) is 12.2 Å². The molecule has 104 valence electrons. The molecule has 0 radical (unpaired) electrons. The summed E-state index contributed by atoms with van der Waals surface area (Å²) in [5.41, 5.74) is 0.433. The quantitative estimate of drug-likeness (QED) is 0.429. The van der Waals surface area contributed by atoms with E-state index in [0.29, 0.717) is 12.1 Å². The first-order valence-corrected chi connectivity index (χ1v) is 6.04. The number of methoxy groups -OCH3 is 1. The minimum atomic E-state index is -3.76. The Bertz CT molecular complexity index is 324. The minimum Gasteiger partial charge on any atom is -0.466 e. The molecule has 0 heterocycles. The van der Waals surface area contributed by atoms with Crippen molar-refractivity contribution in [2.24, 2.45) is 0 Å². The van der Waals surface area contributed by atoms with Crippen LogP contribution in [0.1, 0.15) is 6.92 Å². The van der Waals surface area contributed by atoms with E-state index >= 15 is 0 Å². The van der Waals surface area contributed by atoms with Crippen LogP contribution in [0, 0.1) is 0 Å². The molecule has 0 saturated heterocycles. The van der Waals surface area contributed by atoms with Crippen molar-refractivity contribution in [1.29, 1.82) is 0 Å². The first-order valence-electron chi connectivity index (χ1n) is 4.44. The van der Waals surface area contributed by atoms with Crippen LogP contribution in [0.4, 0.5) is 0 Å². The van der Waals surface area contributed by atoms with Gasteiger partial charge in [0, 0.05) is 12.1 Å². The predicted octanol–water partition coefficient (Wildman–Crippen LogP) is 0.333. The van der Waals surface area contributed by atoms with Crippen molar-refractivity contribution in [3.8, 4) is 0 Å². The molecule has 0 aromatic heterocycles. The van der Waals surface area contributed by atoms with Gasteiger partial charge in [0.2, 0.25) is 0 Å². The Kier molecular flexibility index (Phi) is 12.8. The number of carbonyl (C=O) groups is 1. The number of hydrogen-bond donors (Lipinski definition) is 2. The first kappa shape index (κ1) is 21.3. The summed E-state index contributed by atoms with van der Waals surface area (Å²) in [5, 5.41) is 0. The van der Waals surface area contributed by atoms with E-state index in [1.54, 1.807) is 25.9 Å². The summed E-state index contributed by atoms with van der Waals surface area (Å²) in [5.74, 6) is -0.542. The average molecular weight is 270 g/mol. The van der Waals surface area contributed by atoms with Gasteiger partial charge >= 0.3 is 5.97 Å². The Morgan fingerprint density at radius 1 is 1.41 bits per heavy atom. The molecule has 0 saturated carbocycles. The monoisotopic (exact) mass is 270 g/mol. The van der Waals surface area contributed by atoms with Crippen molar-refractivity contribution < 1.29 is 22.5 Å². The third-order valence-electron chi connectivity index (χ3n) is 1.33. The van der Waals surface area contributed by atoms with E-state index in [1.807, 2.05) is 0 Å². The van der Waals surface area contributed by atoms with Gasteiger partial charge in [-0.2, -0.15) is 8.42 Å². The lowest BCUT2D eigenvalue weighted by atomic mass is 10.4. The Morgan fingerprint density at radius 2 is 1.82 bits per heavy atom. The lowest BCUT2D eigenvalue weighted by Gasteiger charge is -2.05. The average Bonchev–Trinajstić information content (AvgIpc) is 2.13. The lowest BCUT2D eigenvalue weighted by Crippen LogP contribution is -2.21. The van der Waals surface area contributed by atoms with Gasteiger partial charge < -0.3 is 15.8 Å². The predicted molar refractivity (Wildman–Crippen MR) is 66.8 cm³/mol. The summed E-state index contributed by atoms with van der Waals surface area (Å²) in [6, 6.07) is 0. The summed E-state index contributed by atoms with van der Waals surface area (Å²) >= 11 is 0. The van der Waals surface area contributed by atoms with Gasteiger partial charge in [0.1, 0.15) is 0 Å². The molecule has 0 aromatic rings. The normalized spacial score (nSPS) is 9.76. The molecule has 0 aromatic carbocycles. The Balaban J connectivity index is -0.000000224. The highest BCUT2D eigenvalue weighted by molar-refractivity contribution is 7.85. The number of rotatable bonds is 4. The molecule has 8 heteroatoms. The summed E-state index contributed by atoms with van der Waals surface area (Å²) < 4.78 is 32.6. The van der Waals surface area contributed by atoms with Crippen LogP contribution in [0.2, 0.25) is 0 Å². The van der Waals surface area contributed by atoms with Crippen molar-refractivity contribution >= 4 is 16.1 Å². The van der Waals surface area contributed by atoms with Crippen LogP contribution in [0.3, 0.4) is 0 Å². The molecule has 0 bridgehead atoms. The smallest absolute Gasteiger partial charge is 0.332 e. The summed E-state index contributed by atoms with van der Waals surface area (Å²) in [7, 11) is 1.05. The second-order valence-electron chi connectivity index (χ2n) is 3.36. The Labute approximate surface area is 103 Å². The largest absolute Gasteiger partial charge is 0.466 e. The van der Waals surface area contributed by atoms with E-state index in [4.69, 9.17) is 4.55 Å². The maximum Gasteiger partial charge on any atom is 0.332 e. The number of carbonyl (C=O) groups excluding carboxylic acids is 1. The molecule has 0 unspecified atom stereocenters. The zero-order valence-electron chi connectivity index (χ0n) is 10.8. The molecule has 0 aliphatic heterocycles. The molecule has 7 nitrogen and oxygen atoms in total. The van der Waals surface area contributed by atoms with Gasteiger partial charge in [-0.15, -0.1) is 0 Å². The van der Waals surface area contributed by atoms with Crippen LogP contribution in [0.15, 0.2) is 12.2 Å². The highest BCUT2D eigenvalue weighted by Gasteiger charge is 2.03. The van der Waals surface area contributed by atoms with Crippen LogP contribution in [-0.2, 0) is 19.6 Å². The summed E-state index contributed by atoms with van der Waals surface area (Å²) in [6.45, 7) is 5.31. The molecule has 0 fully saturated rings. The molecule has 0 aliphatic rings. The van der Waals surface area contributed by atoms with E-state index in [1.165, 1.54) is 7.11 Å². The third kappa shape index (κ3) is 21.0. The zero-order chi connectivity index (χ0) is 13.4. The van der Waals surface area contributed by atoms with Crippen molar-refractivity contribution in [3.63, 3.8) is 0 Å². The minimum absolute atomic E-state index is 0. The van der Waals surface area contributed by atoms with E-state index in [-0.39, 0.29) is 17.9 Å². The first-order chi connectivity index (χ1) is 7.10. The van der Waals surface area contributed by atoms with Crippen LogP contribution in [0.5, 0.6) is 0 Å². The lowest BCUT2D eigenvalue weighted by molar-refractivity contribution is -0.136. The molecule has 17 heavy (non-hydrogen) atoms. The molecule has 0 aliphatic carbocycles. The van der Waals surface area contributed by atoms with Crippen LogP contribution >= 0.6 is 0 Å². The maximum atomic E-state index is 10.2. The number of esters is 1. The Morgan fingerprint density at radius 3 is 1.88 bits per heavy atom. The van der Waals surface area contributed by atoms with Gasteiger partial charge in [-0.25, -0.2) is 4.79 Å². The van der Waals surface area contributed by atoms with Crippen molar-refractivity contribution in [2.75, 3.05) is 33.5 Å². The van der Waals surface area contributed by atoms with Crippen molar-refractivity contribution in [2.45, 2.75) is 6.92 Å². The Hall–Kier alpha value is -0.960. The fourth-order valence-electron chi connectivity index (χ4n) is 0.472. The highest BCUT2D eigenvalue weighted by Crippen LogP contribution is 1.87. The van der Waals surface area contributed by atoms with Gasteiger partial charge in [-0.1, -0.05) is 6.58 Å². The fourth-order valence-corrected chi connectivity index (χ4v) is 1.07. The van der Waals surface area contributed by atoms with Crippen molar-refractivity contribution in [1.82, 2.24) is 11.1 Å². The molecular weight excluding hydrogens is 248 g/mol. The molecule has 0 amide bonds. The summed E-state index contributed by atoms with van der Waals surface area (Å²) in [6.07, 6.45) is 0. The zero-order valence-corrected chi connectivity index (χ0v) is 11.6. The van der Waals surface area contributed by atoms with Crippen LogP contribution < -0.4 is 6.15 Å². The molecule has 0 atom stereocenters. The van der Waals surface area contributed by atoms with E-state index < -0.39 is 10.1 Å². The second kappa shape index (κ2) is 10.2. The SMILES string of the molecule is C=C(C)C(=O)OC.CN(C)CCS(=O)(=O)O.N. The number of nitrogens with zero attached hydrogens (tertiary/aromatic N) is 1. The standard InChI is InChI=1S/C5H8O2.C4H11NO3S.H3N/c1-4(2)5(6)7-3;1-5(2)3-4-9(6,7)8;/h1H2,2-3H3;3-4H2,1-2H3,(H,6,7,8);1H3. The van der Waals surface area contributed by atoms with E-state index in [9.17, 15) is 13.2 Å². The topological polar surface area (TPSA) is 119 Å². The number of ether oxygens (including phenoxy) is 1. The van der Waals surface area contributed by atoms with E-state index in [2.05, 4.69) is 11.3 Å². The number of hydrogen-bond acceptors (Lipinski definition) is 6. The van der Waals surface area contributed by atoms with Gasteiger partial charge in [0.05, 0.1) is 12.9 Å². The van der Waals surface area contributed by atoms with Gasteiger partial charge in [-0.3, -0.25) is 4.55 Å². The molecule has 0 spiro atoms. The molecule has 4 N–H and O–H groups in total. The van der Waals surface area contributed by atoms with E-state index in [0.717, 1.165) is 0 Å². The van der Waals surface area contributed by atoms with Gasteiger partial charge in [0.15, 0.2) is 0 Å². The summed E-state index contributed by atoms with van der Waals surface area (Å²) in [4.78, 5) is 11.9. The second-order valence-corrected chi connectivity index (χ2v) is 4.93. The molecule has 0 rings (SSSR count). The van der Waals surface area contributed by atoms with Gasteiger partial charge in [-0.05, 0) is 21.0 Å². The third-order valence-corrected chi connectivity index (χ3v) is 2.03. The van der Waals surface area contributed by atoms with Crippen LogP contribution in [0.25, 0.3) is 0 Å². The van der Waals surface area contributed by atoms with Crippen LogP contribution in [-0.4, -0.2) is 57.3 Å². The van der Waals surface area contributed by atoms with Gasteiger partial charge in [0.25, 0.3) is 10.1 Å². The fraction of sp³-hybridized carbons (Fsp3) is 0.667. The maximum absolute atomic E-state index is 10.2. The highest BCUT2D eigenvalue weighted by atomic mass is 32.2.